The van der Waals surface area contributed by atoms with Crippen LogP contribution in [0.15, 0.2) is 42.5 Å². The van der Waals surface area contributed by atoms with Crippen molar-refractivity contribution in [2.75, 3.05) is 0 Å². The second-order valence-corrected chi connectivity index (χ2v) is 9.83. The molecule has 0 heterocycles. The van der Waals surface area contributed by atoms with Crippen molar-refractivity contribution in [3.63, 3.8) is 0 Å². The van der Waals surface area contributed by atoms with Gasteiger partial charge in [-0.15, -0.1) is 0 Å². The smallest absolute Gasteiger partial charge is 0.214 e. The van der Waals surface area contributed by atoms with Gasteiger partial charge in [-0.25, -0.2) is 17.5 Å². The third-order valence-electron chi connectivity index (χ3n) is 5.20. The maximum atomic E-state index is 14.8. The van der Waals surface area contributed by atoms with Gasteiger partial charge in [0.1, 0.15) is 17.7 Å². The molecule has 0 saturated heterocycles. The lowest BCUT2D eigenvalue weighted by Crippen LogP contribution is -2.49. The standard InChI is InChI=1S/C22H25FN2O3S.H2/c1-15(2)29(26,27)25-21-9-5-6-10-22(21)28-17-11-12-19(20(23)13-17)18-8-4-3-7-16(18)14-24;/h3-4,7-8,11-13,15,21-22,25H,5-6,9-10H2,1-2H3;1H. The van der Waals surface area contributed by atoms with Crippen LogP contribution in [0.1, 0.15) is 46.5 Å². The van der Waals surface area contributed by atoms with Gasteiger partial charge in [-0.1, -0.05) is 24.6 Å². The van der Waals surface area contributed by atoms with Crippen LogP contribution < -0.4 is 9.46 Å². The van der Waals surface area contributed by atoms with Gasteiger partial charge in [0, 0.05) is 18.6 Å². The summed E-state index contributed by atoms with van der Waals surface area (Å²) in [5, 5.41) is 8.72. The van der Waals surface area contributed by atoms with Crippen molar-refractivity contribution in [2.45, 2.75) is 56.9 Å². The molecule has 156 valence electrons. The molecule has 7 heteroatoms. The van der Waals surface area contributed by atoms with Gasteiger partial charge >= 0.3 is 0 Å². The minimum Gasteiger partial charge on any atom is -0.489 e. The molecule has 1 fully saturated rings. The first-order valence-corrected chi connectivity index (χ1v) is 11.3. The van der Waals surface area contributed by atoms with Gasteiger partial charge in [-0.05, 0) is 51.3 Å². The molecule has 0 aliphatic heterocycles. The second-order valence-electron chi connectivity index (χ2n) is 7.56. The van der Waals surface area contributed by atoms with E-state index in [9.17, 15) is 18.1 Å². The number of rotatable bonds is 6. The molecule has 2 unspecified atom stereocenters. The highest BCUT2D eigenvalue weighted by Gasteiger charge is 2.31. The Balaban J connectivity index is 0.00000320. The highest BCUT2D eigenvalue weighted by molar-refractivity contribution is 7.90. The molecule has 1 aliphatic rings. The van der Waals surface area contributed by atoms with Crippen molar-refractivity contribution in [2.24, 2.45) is 0 Å². The van der Waals surface area contributed by atoms with Crippen LogP contribution in [-0.4, -0.2) is 25.8 Å². The van der Waals surface area contributed by atoms with E-state index < -0.39 is 21.1 Å². The summed E-state index contributed by atoms with van der Waals surface area (Å²) in [7, 11) is -3.42. The number of halogens is 1. The lowest BCUT2D eigenvalue weighted by molar-refractivity contribution is 0.124. The van der Waals surface area contributed by atoms with Gasteiger partial charge in [-0.2, -0.15) is 5.26 Å². The zero-order valence-corrected chi connectivity index (χ0v) is 17.4. The summed E-state index contributed by atoms with van der Waals surface area (Å²) in [6.07, 6.45) is 2.89. The van der Waals surface area contributed by atoms with Crippen molar-refractivity contribution in [1.29, 1.82) is 5.26 Å². The van der Waals surface area contributed by atoms with E-state index in [1.165, 1.54) is 6.07 Å². The molecule has 1 N–H and O–H groups in total. The topological polar surface area (TPSA) is 79.2 Å². The number of ether oxygens (including phenoxy) is 1. The van der Waals surface area contributed by atoms with Gasteiger partial charge in [0.25, 0.3) is 0 Å². The lowest BCUT2D eigenvalue weighted by atomic mass is 9.93. The molecule has 5 nitrogen and oxygen atoms in total. The van der Waals surface area contributed by atoms with Gasteiger partial charge < -0.3 is 4.74 Å². The minimum atomic E-state index is -3.42. The number of nitriles is 1. The van der Waals surface area contributed by atoms with Crippen LogP contribution in [0.25, 0.3) is 11.1 Å². The quantitative estimate of drug-likeness (QED) is 0.742. The summed E-state index contributed by atoms with van der Waals surface area (Å²) < 4.78 is 48.0. The first kappa shape index (κ1) is 21.3. The van der Waals surface area contributed by atoms with E-state index in [-0.39, 0.29) is 13.6 Å². The molecule has 0 radical (unpaired) electrons. The maximum absolute atomic E-state index is 14.8. The van der Waals surface area contributed by atoms with Crippen LogP contribution in [0, 0.1) is 17.1 Å². The fourth-order valence-corrected chi connectivity index (χ4v) is 4.46. The van der Waals surface area contributed by atoms with Gasteiger partial charge in [0.15, 0.2) is 0 Å². The van der Waals surface area contributed by atoms with Gasteiger partial charge in [0.2, 0.25) is 10.0 Å². The predicted molar refractivity (Wildman–Crippen MR) is 113 cm³/mol. The zero-order valence-electron chi connectivity index (χ0n) is 16.6. The Morgan fingerprint density at radius 2 is 1.90 bits per heavy atom. The molecule has 2 aromatic carbocycles. The number of nitrogens with zero attached hydrogens (tertiary/aromatic N) is 1. The molecule has 2 atom stereocenters. The van der Waals surface area contributed by atoms with Crippen LogP contribution in [0.2, 0.25) is 0 Å². The van der Waals surface area contributed by atoms with Crippen LogP contribution in [0.3, 0.4) is 0 Å². The Hall–Kier alpha value is -2.43. The Kier molecular flexibility index (Phi) is 6.56. The monoisotopic (exact) mass is 418 g/mol. The van der Waals surface area contributed by atoms with Crippen LogP contribution in [0.4, 0.5) is 4.39 Å². The highest BCUT2D eigenvalue weighted by Crippen LogP contribution is 2.31. The van der Waals surface area contributed by atoms with Gasteiger partial charge in [0.05, 0.1) is 22.9 Å². The summed E-state index contributed by atoms with van der Waals surface area (Å²) in [5.41, 5.74) is 1.25. The highest BCUT2D eigenvalue weighted by atomic mass is 32.2. The summed E-state index contributed by atoms with van der Waals surface area (Å²) >= 11 is 0. The molecule has 29 heavy (non-hydrogen) atoms. The van der Waals surface area contributed by atoms with E-state index in [1.54, 1.807) is 50.2 Å². The molecule has 1 saturated carbocycles. The summed E-state index contributed by atoms with van der Waals surface area (Å²) in [6.45, 7) is 3.27. The maximum Gasteiger partial charge on any atom is 0.214 e. The normalized spacial score (nSPS) is 19.7. The average molecular weight is 419 g/mol. The molecular weight excluding hydrogens is 391 g/mol. The van der Waals surface area contributed by atoms with Crippen molar-refractivity contribution in [3.8, 4) is 22.9 Å². The van der Waals surface area contributed by atoms with Crippen molar-refractivity contribution in [1.82, 2.24) is 4.72 Å². The van der Waals surface area contributed by atoms with E-state index in [0.29, 0.717) is 35.3 Å². The van der Waals surface area contributed by atoms with E-state index in [0.717, 1.165) is 12.8 Å². The number of hydrogen-bond acceptors (Lipinski definition) is 4. The second kappa shape index (κ2) is 8.93. The van der Waals surface area contributed by atoms with E-state index in [1.807, 2.05) is 0 Å². The van der Waals surface area contributed by atoms with E-state index in [2.05, 4.69) is 10.8 Å². The molecular formula is C22H27FN2O3S. The first-order chi connectivity index (χ1) is 13.8. The van der Waals surface area contributed by atoms with Crippen LogP contribution in [-0.2, 0) is 10.0 Å². The van der Waals surface area contributed by atoms with Crippen molar-refractivity contribution >= 4 is 10.0 Å². The Morgan fingerprint density at radius 1 is 1.17 bits per heavy atom. The van der Waals surface area contributed by atoms with Crippen molar-refractivity contribution < 1.29 is 19.0 Å². The molecule has 2 aromatic rings. The average Bonchev–Trinajstić information content (AvgIpc) is 2.69. The third-order valence-corrected chi connectivity index (χ3v) is 7.08. The van der Waals surface area contributed by atoms with E-state index in [4.69, 9.17) is 4.74 Å². The SMILES string of the molecule is CC(C)S(=O)(=O)NC1CCCCC1Oc1ccc(-c2ccccc2C#N)c(F)c1.[HH]. The van der Waals surface area contributed by atoms with Crippen LogP contribution in [0.5, 0.6) is 5.75 Å². The molecule has 0 amide bonds. The van der Waals surface area contributed by atoms with Crippen molar-refractivity contribution in [3.05, 3.63) is 53.8 Å². The lowest BCUT2D eigenvalue weighted by Gasteiger charge is -2.32. The third kappa shape index (κ3) is 4.95. The fourth-order valence-electron chi connectivity index (χ4n) is 3.50. The summed E-state index contributed by atoms with van der Waals surface area (Å²) in [4.78, 5) is 0. The van der Waals surface area contributed by atoms with Gasteiger partial charge in [-0.3, -0.25) is 0 Å². The molecule has 1 aliphatic carbocycles. The first-order valence-electron chi connectivity index (χ1n) is 9.78. The Morgan fingerprint density at radius 3 is 2.59 bits per heavy atom. The summed E-state index contributed by atoms with van der Waals surface area (Å²) in [5.74, 6) is -0.137. The largest absolute Gasteiger partial charge is 0.489 e. The predicted octanol–water partition coefficient (Wildman–Crippen LogP) is 4.63. The number of nitrogens with one attached hydrogen (secondary N) is 1. The van der Waals surface area contributed by atoms with E-state index >= 15 is 0 Å². The zero-order chi connectivity index (χ0) is 21.0. The Labute approximate surface area is 173 Å². The molecule has 0 aromatic heterocycles. The van der Waals surface area contributed by atoms with Crippen LogP contribution >= 0.6 is 0 Å². The molecule has 3 rings (SSSR count). The summed E-state index contributed by atoms with van der Waals surface area (Å²) in [6, 6.07) is 13.1. The number of sulfonamides is 1. The number of benzene rings is 2. The molecule has 0 spiro atoms. The Bertz CT molecular complexity index is 1020. The fraction of sp³-hybridized carbons (Fsp3) is 0.409. The number of hydrogen-bond donors (Lipinski definition) is 1. The minimum absolute atomic E-state index is 0. The molecule has 0 bridgehead atoms.